The molecule has 0 unspecified atom stereocenters. The molecule has 114 valence electrons. The van der Waals surface area contributed by atoms with Crippen LogP contribution in [0.5, 0.6) is 0 Å². The van der Waals surface area contributed by atoms with E-state index >= 15 is 0 Å². The van der Waals surface area contributed by atoms with Crippen molar-refractivity contribution in [3.63, 3.8) is 0 Å². The lowest BCUT2D eigenvalue weighted by atomic mass is 10.1. The Hall–Kier alpha value is -0.740. The highest BCUT2D eigenvalue weighted by molar-refractivity contribution is 5.69. The van der Waals surface area contributed by atoms with Gasteiger partial charge in [-0.25, -0.2) is 0 Å². The summed E-state index contributed by atoms with van der Waals surface area (Å²) in [4.78, 5) is 11.4. The third kappa shape index (κ3) is 9.79. The quantitative estimate of drug-likeness (QED) is 0.445. The van der Waals surface area contributed by atoms with Crippen LogP contribution >= 0.6 is 0 Å². The van der Waals surface area contributed by atoms with Crippen LogP contribution < -0.4 is 0 Å². The summed E-state index contributed by atoms with van der Waals surface area (Å²) in [5.74, 6) is -0.900. The summed E-state index contributed by atoms with van der Waals surface area (Å²) >= 11 is 0. The molecule has 0 rings (SSSR count). The van der Waals surface area contributed by atoms with Gasteiger partial charge in [0.15, 0.2) is 6.10 Å². The molecule has 0 heterocycles. The van der Waals surface area contributed by atoms with E-state index in [1.165, 1.54) is 0 Å². The molecular formula is C14H25F3O2. The van der Waals surface area contributed by atoms with E-state index in [4.69, 9.17) is 0 Å². The summed E-state index contributed by atoms with van der Waals surface area (Å²) in [7, 11) is 0. The third-order valence-corrected chi connectivity index (χ3v) is 2.81. The van der Waals surface area contributed by atoms with Gasteiger partial charge >= 0.3 is 12.1 Å². The van der Waals surface area contributed by atoms with Crippen molar-refractivity contribution in [1.82, 2.24) is 0 Å². The number of hydrogen-bond acceptors (Lipinski definition) is 2. The Morgan fingerprint density at radius 2 is 1.68 bits per heavy atom. The first-order valence-corrected chi connectivity index (χ1v) is 7.03. The zero-order valence-corrected chi connectivity index (χ0v) is 12.1. The van der Waals surface area contributed by atoms with Crippen LogP contribution in [0.2, 0.25) is 0 Å². The van der Waals surface area contributed by atoms with Gasteiger partial charge in [0, 0.05) is 6.42 Å². The average Bonchev–Trinajstić information content (AvgIpc) is 2.26. The summed E-state index contributed by atoms with van der Waals surface area (Å²) in [6.45, 7) is 5.43. The van der Waals surface area contributed by atoms with Crippen LogP contribution in [0.3, 0.4) is 0 Å². The number of ether oxygens (including phenoxy) is 1. The second-order valence-electron chi connectivity index (χ2n) is 5.31. The van der Waals surface area contributed by atoms with Crippen molar-refractivity contribution in [3.05, 3.63) is 0 Å². The van der Waals surface area contributed by atoms with Gasteiger partial charge < -0.3 is 4.74 Å². The average molecular weight is 282 g/mol. The molecule has 0 amide bonds. The molecule has 2 nitrogen and oxygen atoms in total. The highest BCUT2D eigenvalue weighted by Crippen LogP contribution is 2.28. The number of rotatable bonds is 9. The highest BCUT2D eigenvalue weighted by Gasteiger charge is 2.42. The molecule has 0 spiro atoms. The first-order chi connectivity index (χ1) is 8.77. The number of esters is 1. The summed E-state index contributed by atoms with van der Waals surface area (Å²) in [6.07, 6.45) is -1.87. The van der Waals surface area contributed by atoms with Crippen LogP contribution in [-0.4, -0.2) is 18.2 Å². The van der Waals surface area contributed by atoms with Crippen LogP contribution in [0.4, 0.5) is 13.2 Å². The SMILES string of the molecule is CCCCCCCC(=O)O[C@H](CC(C)C)C(F)(F)F. The Labute approximate surface area is 113 Å². The van der Waals surface area contributed by atoms with Crippen molar-refractivity contribution in [1.29, 1.82) is 0 Å². The smallest absolute Gasteiger partial charge is 0.425 e. The van der Waals surface area contributed by atoms with Gasteiger partial charge in [-0.3, -0.25) is 4.79 Å². The van der Waals surface area contributed by atoms with E-state index < -0.39 is 18.2 Å². The van der Waals surface area contributed by atoms with Crippen LogP contribution in [-0.2, 0) is 9.53 Å². The van der Waals surface area contributed by atoms with Gasteiger partial charge in [-0.2, -0.15) is 13.2 Å². The minimum absolute atomic E-state index is 0.0778. The second-order valence-corrected chi connectivity index (χ2v) is 5.31. The molecular weight excluding hydrogens is 257 g/mol. The number of alkyl halides is 3. The summed E-state index contributed by atoms with van der Waals surface area (Å²) in [5.41, 5.74) is 0. The maximum Gasteiger partial charge on any atom is 0.425 e. The first-order valence-electron chi connectivity index (χ1n) is 7.03. The van der Waals surface area contributed by atoms with Crippen LogP contribution in [0.25, 0.3) is 0 Å². The predicted molar refractivity (Wildman–Crippen MR) is 68.8 cm³/mol. The van der Waals surface area contributed by atoms with Gasteiger partial charge in [-0.05, 0) is 18.8 Å². The normalized spacial score (nSPS) is 13.6. The molecule has 0 aliphatic carbocycles. The van der Waals surface area contributed by atoms with E-state index in [2.05, 4.69) is 11.7 Å². The fourth-order valence-corrected chi connectivity index (χ4v) is 1.77. The maximum absolute atomic E-state index is 12.7. The summed E-state index contributed by atoms with van der Waals surface area (Å²) in [6, 6.07) is 0. The molecule has 0 aliphatic heterocycles. The molecule has 0 saturated carbocycles. The van der Waals surface area contributed by atoms with Crippen molar-refractivity contribution in [2.45, 2.75) is 78.0 Å². The zero-order chi connectivity index (χ0) is 14.9. The Kier molecular flexibility index (Phi) is 8.85. The van der Waals surface area contributed by atoms with Gasteiger partial charge in [0.1, 0.15) is 0 Å². The molecule has 0 fully saturated rings. The van der Waals surface area contributed by atoms with Gasteiger partial charge in [-0.15, -0.1) is 0 Å². The molecule has 0 aromatic rings. The van der Waals surface area contributed by atoms with Crippen molar-refractivity contribution in [2.24, 2.45) is 5.92 Å². The fraction of sp³-hybridized carbons (Fsp3) is 0.929. The Morgan fingerprint density at radius 1 is 1.11 bits per heavy atom. The number of unbranched alkanes of at least 4 members (excludes halogenated alkanes) is 4. The predicted octanol–water partition coefficient (Wildman–Crippen LogP) is 4.87. The lowest BCUT2D eigenvalue weighted by molar-refractivity contribution is -0.224. The number of carbonyl (C=O) groups is 1. The maximum atomic E-state index is 12.7. The number of carbonyl (C=O) groups excluding carboxylic acids is 1. The standard InChI is InChI=1S/C14H25F3O2/c1-4-5-6-7-8-9-13(18)19-12(10-11(2)3)14(15,16)17/h11-12H,4-10H2,1-3H3/t12-/m1/s1. The van der Waals surface area contributed by atoms with Crippen LogP contribution in [0.1, 0.15) is 65.7 Å². The fourth-order valence-electron chi connectivity index (χ4n) is 1.77. The second kappa shape index (κ2) is 9.21. The molecule has 0 aromatic carbocycles. The largest absolute Gasteiger partial charge is 0.453 e. The number of hydrogen-bond donors (Lipinski definition) is 0. The minimum Gasteiger partial charge on any atom is -0.453 e. The van der Waals surface area contributed by atoms with E-state index in [-0.39, 0.29) is 18.8 Å². The Bertz CT molecular complexity index is 250. The van der Waals surface area contributed by atoms with E-state index in [0.29, 0.717) is 6.42 Å². The van der Waals surface area contributed by atoms with E-state index in [1.807, 2.05) is 0 Å². The first kappa shape index (κ1) is 18.3. The molecule has 1 atom stereocenters. The highest BCUT2D eigenvalue weighted by atomic mass is 19.4. The van der Waals surface area contributed by atoms with Crippen molar-refractivity contribution in [2.75, 3.05) is 0 Å². The monoisotopic (exact) mass is 282 g/mol. The molecule has 0 bridgehead atoms. The van der Waals surface area contributed by atoms with Gasteiger partial charge in [0.05, 0.1) is 0 Å². The van der Waals surface area contributed by atoms with Gasteiger partial charge in [0.2, 0.25) is 0 Å². The Morgan fingerprint density at radius 3 is 2.16 bits per heavy atom. The van der Waals surface area contributed by atoms with Gasteiger partial charge in [-0.1, -0.05) is 46.5 Å². The van der Waals surface area contributed by atoms with Gasteiger partial charge in [0.25, 0.3) is 0 Å². The van der Waals surface area contributed by atoms with Crippen molar-refractivity contribution < 1.29 is 22.7 Å². The zero-order valence-electron chi connectivity index (χ0n) is 12.1. The molecule has 5 heteroatoms. The molecule has 19 heavy (non-hydrogen) atoms. The van der Waals surface area contributed by atoms with Crippen LogP contribution in [0.15, 0.2) is 0 Å². The summed E-state index contributed by atoms with van der Waals surface area (Å²) < 4.78 is 42.5. The summed E-state index contributed by atoms with van der Waals surface area (Å²) in [5, 5.41) is 0. The lowest BCUT2D eigenvalue weighted by Gasteiger charge is -2.22. The minimum atomic E-state index is -4.47. The number of halogens is 3. The van der Waals surface area contributed by atoms with Crippen molar-refractivity contribution in [3.8, 4) is 0 Å². The van der Waals surface area contributed by atoms with E-state index in [0.717, 1.165) is 25.7 Å². The molecule has 0 saturated heterocycles. The molecule has 0 aliphatic rings. The van der Waals surface area contributed by atoms with E-state index in [9.17, 15) is 18.0 Å². The lowest BCUT2D eigenvalue weighted by Crippen LogP contribution is -2.35. The molecule has 0 aromatic heterocycles. The van der Waals surface area contributed by atoms with E-state index in [1.54, 1.807) is 13.8 Å². The van der Waals surface area contributed by atoms with Crippen LogP contribution in [0, 0.1) is 5.92 Å². The molecule has 0 radical (unpaired) electrons. The topological polar surface area (TPSA) is 26.3 Å². The van der Waals surface area contributed by atoms with Crippen molar-refractivity contribution >= 4 is 5.97 Å². The third-order valence-electron chi connectivity index (χ3n) is 2.81. The Balaban J connectivity index is 4.03. The molecule has 0 N–H and O–H groups in total.